The zero-order valence-corrected chi connectivity index (χ0v) is 21.1. The van der Waals surface area contributed by atoms with Crippen LogP contribution in [-0.4, -0.2) is 27.7 Å². The summed E-state index contributed by atoms with van der Waals surface area (Å²) in [6, 6.07) is 27.1. The fourth-order valence-corrected chi connectivity index (χ4v) is 5.40. The number of nitrogens with zero attached hydrogens (tertiary/aromatic N) is 1. The molecule has 1 atom stereocenters. The molecule has 5 rings (SSSR count). The van der Waals surface area contributed by atoms with Gasteiger partial charge >= 0.3 is 0 Å². The maximum Gasteiger partial charge on any atom is 0.274 e. The van der Waals surface area contributed by atoms with Gasteiger partial charge in [-0.25, -0.2) is 10.5 Å². The van der Waals surface area contributed by atoms with E-state index in [1.807, 2.05) is 66.7 Å². The van der Waals surface area contributed by atoms with E-state index in [0.29, 0.717) is 18.5 Å². The van der Waals surface area contributed by atoms with Crippen LogP contribution in [0.1, 0.15) is 39.6 Å². The fraction of sp³-hybridized carbons (Fsp3) is 0.133. The van der Waals surface area contributed by atoms with Crippen molar-refractivity contribution in [3.8, 4) is 0 Å². The molecule has 4 aromatic carbocycles. The van der Waals surface area contributed by atoms with Crippen LogP contribution in [-0.2, 0) is 0 Å². The van der Waals surface area contributed by atoms with Gasteiger partial charge in [-0.1, -0.05) is 84.1 Å². The molecule has 1 amide bonds. The molecule has 0 spiro atoms. The summed E-state index contributed by atoms with van der Waals surface area (Å²) in [6.45, 7) is 2.55. The van der Waals surface area contributed by atoms with Gasteiger partial charge in [0.15, 0.2) is 5.13 Å². The largest absolute Gasteiger partial charge is 0.388 e. The molecule has 0 aliphatic carbocycles. The van der Waals surface area contributed by atoms with Crippen molar-refractivity contribution in [3.05, 3.63) is 113 Å². The van der Waals surface area contributed by atoms with Crippen LogP contribution < -0.4 is 10.8 Å². The second-order valence-electron chi connectivity index (χ2n) is 8.95. The molecule has 186 valence electrons. The average molecular weight is 510 g/mol. The van der Waals surface area contributed by atoms with E-state index < -0.39 is 12.0 Å². The van der Waals surface area contributed by atoms with Gasteiger partial charge in [-0.2, -0.15) is 0 Å². The third-order valence-corrected chi connectivity index (χ3v) is 7.35. The highest BCUT2D eigenvalue weighted by atomic mass is 32.1. The number of hydroxylamine groups is 1. The van der Waals surface area contributed by atoms with E-state index in [1.165, 1.54) is 0 Å². The normalized spacial score (nSPS) is 12.6. The molecule has 6 nitrogen and oxygen atoms in total. The summed E-state index contributed by atoms with van der Waals surface area (Å²) in [6.07, 6.45) is 1.74. The summed E-state index contributed by atoms with van der Waals surface area (Å²) >= 11 is 1.60. The van der Waals surface area contributed by atoms with Gasteiger partial charge in [0.25, 0.3) is 5.91 Å². The molecule has 0 bridgehead atoms. The van der Waals surface area contributed by atoms with Gasteiger partial charge in [0.2, 0.25) is 0 Å². The Kier molecular flexibility index (Phi) is 7.28. The number of carbonyl (C=O) groups is 1. The molecular formula is C30H27N3O3S. The van der Waals surface area contributed by atoms with Crippen LogP contribution in [0.4, 0.5) is 5.13 Å². The zero-order chi connectivity index (χ0) is 25.8. The number of amides is 1. The topological polar surface area (TPSA) is 94.5 Å². The van der Waals surface area contributed by atoms with Crippen LogP contribution in [0.15, 0.2) is 90.5 Å². The Bertz CT molecular complexity index is 1590. The third-order valence-electron chi connectivity index (χ3n) is 6.37. The second-order valence-corrected chi connectivity index (χ2v) is 9.98. The van der Waals surface area contributed by atoms with E-state index in [2.05, 4.69) is 24.4 Å². The van der Waals surface area contributed by atoms with E-state index in [9.17, 15) is 9.90 Å². The maximum atomic E-state index is 11.7. The fourth-order valence-electron chi connectivity index (χ4n) is 4.46. The Morgan fingerprint density at radius 3 is 2.54 bits per heavy atom. The quantitative estimate of drug-likeness (QED) is 0.142. The molecule has 5 aromatic rings. The highest BCUT2D eigenvalue weighted by Gasteiger charge is 2.15. The summed E-state index contributed by atoms with van der Waals surface area (Å²) in [5.41, 5.74) is 6.89. The first kappa shape index (κ1) is 24.6. The van der Waals surface area contributed by atoms with E-state index in [1.54, 1.807) is 28.9 Å². The van der Waals surface area contributed by atoms with Crippen molar-refractivity contribution in [1.29, 1.82) is 0 Å². The maximum absolute atomic E-state index is 11.7. The molecule has 0 aliphatic rings. The van der Waals surface area contributed by atoms with Crippen LogP contribution in [0.3, 0.4) is 0 Å². The van der Waals surface area contributed by atoms with Gasteiger partial charge in [0.1, 0.15) is 0 Å². The molecule has 0 saturated carbocycles. The van der Waals surface area contributed by atoms with Crippen LogP contribution >= 0.6 is 11.3 Å². The number of nitrogens with one attached hydrogen (secondary N) is 2. The van der Waals surface area contributed by atoms with Crippen molar-refractivity contribution in [1.82, 2.24) is 10.5 Å². The molecule has 1 unspecified atom stereocenters. The van der Waals surface area contributed by atoms with Crippen LogP contribution in [0.5, 0.6) is 0 Å². The molecule has 1 heterocycles. The predicted octanol–water partition coefficient (Wildman–Crippen LogP) is 6.50. The first-order chi connectivity index (χ1) is 18.0. The summed E-state index contributed by atoms with van der Waals surface area (Å²) in [4.78, 5) is 16.4. The standard InChI is InChI=1S/C30H27N3O3S/c1-19-6-4-11-27-28(19)32-30(37-27)31-18-21(16-20-12-14-23(15-13-20)29(35)33-36)17-26(34)25-10-5-8-22-7-2-3-9-24(22)25/h2-16,26,34,36H,17-18H2,1H3,(H,31,32)(H,33,35). The number of para-hydroxylation sites is 1. The number of thiazole rings is 1. The van der Waals surface area contributed by atoms with Crippen molar-refractivity contribution >= 4 is 49.4 Å². The van der Waals surface area contributed by atoms with E-state index in [-0.39, 0.29) is 0 Å². The number of aryl methyl sites for hydroxylation is 1. The van der Waals surface area contributed by atoms with Crippen molar-refractivity contribution in [2.24, 2.45) is 0 Å². The molecule has 4 N–H and O–H groups in total. The number of aliphatic hydroxyl groups is 1. The number of carbonyl (C=O) groups excluding carboxylic acids is 1. The van der Waals surface area contributed by atoms with Crippen LogP contribution in [0.2, 0.25) is 0 Å². The SMILES string of the molecule is Cc1cccc2sc(NCC(=Cc3ccc(C(=O)NO)cc3)CC(O)c3cccc4ccccc34)nc12. The molecule has 1 aromatic heterocycles. The smallest absolute Gasteiger partial charge is 0.274 e. The number of rotatable bonds is 8. The second kappa shape index (κ2) is 10.9. The Hall–Kier alpha value is -4.04. The number of benzene rings is 4. The Balaban J connectivity index is 1.43. The van der Waals surface area contributed by atoms with E-state index in [4.69, 9.17) is 10.2 Å². The van der Waals surface area contributed by atoms with E-state index >= 15 is 0 Å². The van der Waals surface area contributed by atoms with Crippen LogP contribution in [0, 0.1) is 6.92 Å². The monoisotopic (exact) mass is 509 g/mol. The van der Waals surface area contributed by atoms with Gasteiger partial charge in [-0.05, 0) is 58.2 Å². The Morgan fingerprint density at radius 1 is 1.00 bits per heavy atom. The van der Waals surface area contributed by atoms with Crippen LogP contribution in [0.25, 0.3) is 27.1 Å². The minimum absolute atomic E-state index is 0.361. The Morgan fingerprint density at radius 2 is 1.76 bits per heavy atom. The van der Waals surface area contributed by atoms with Crippen molar-refractivity contribution in [2.45, 2.75) is 19.4 Å². The summed E-state index contributed by atoms with van der Waals surface area (Å²) < 4.78 is 1.13. The molecule has 0 radical (unpaired) electrons. The van der Waals surface area contributed by atoms with Gasteiger partial charge < -0.3 is 10.4 Å². The highest BCUT2D eigenvalue weighted by molar-refractivity contribution is 7.22. The molecule has 37 heavy (non-hydrogen) atoms. The lowest BCUT2D eigenvalue weighted by Gasteiger charge is -2.17. The van der Waals surface area contributed by atoms with Gasteiger partial charge in [-0.15, -0.1) is 0 Å². The molecule has 0 aliphatic heterocycles. The number of aliphatic hydroxyl groups excluding tert-OH is 1. The summed E-state index contributed by atoms with van der Waals surface area (Å²) in [7, 11) is 0. The molecule has 0 fully saturated rings. The number of anilines is 1. The lowest BCUT2D eigenvalue weighted by molar-refractivity contribution is 0.0706. The average Bonchev–Trinajstić information content (AvgIpc) is 3.36. The van der Waals surface area contributed by atoms with Gasteiger partial charge in [0, 0.05) is 18.5 Å². The number of aromatic nitrogens is 1. The van der Waals surface area contributed by atoms with Gasteiger partial charge in [-0.3, -0.25) is 10.0 Å². The number of hydrogen-bond acceptors (Lipinski definition) is 6. The molecular weight excluding hydrogens is 482 g/mol. The first-order valence-electron chi connectivity index (χ1n) is 12.0. The zero-order valence-electron chi connectivity index (χ0n) is 20.3. The number of hydrogen-bond donors (Lipinski definition) is 4. The minimum Gasteiger partial charge on any atom is -0.388 e. The molecule has 7 heteroatoms. The lowest BCUT2D eigenvalue weighted by atomic mass is 9.95. The van der Waals surface area contributed by atoms with Crippen molar-refractivity contribution < 1.29 is 15.1 Å². The molecule has 0 saturated heterocycles. The predicted molar refractivity (Wildman–Crippen MR) is 150 cm³/mol. The van der Waals surface area contributed by atoms with E-state index in [0.717, 1.165) is 48.4 Å². The van der Waals surface area contributed by atoms with Gasteiger partial charge in [0.05, 0.1) is 16.3 Å². The summed E-state index contributed by atoms with van der Waals surface area (Å²) in [5.74, 6) is -0.560. The first-order valence-corrected chi connectivity index (χ1v) is 12.8. The Labute approximate surface area is 218 Å². The summed E-state index contributed by atoms with van der Waals surface area (Å²) in [5, 5.41) is 26.6. The van der Waals surface area contributed by atoms with Crippen molar-refractivity contribution in [2.75, 3.05) is 11.9 Å². The minimum atomic E-state index is -0.698. The highest BCUT2D eigenvalue weighted by Crippen LogP contribution is 2.31. The lowest BCUT2D eigenvalue weighted by Crippen LogP contribution is -2.18. The number of fused-ring (bicyclic) bond motifs is 2. The third kappa shape index (κ3) is 5.54. The van der Waals surface area contributed by atoms with Crippen molar-refractivity contribution in [3.63, 3.8) is 0 Å².